The number of phenols is 1. The molecule has 2 aliphatic rings. The van der Waals surface area contributed by atoms with E-state index in [0.717, 1.165) is 36.2 Å². The van der Waals surface area contributed by atoms with E-state index in [2.05, 4.69) is 22.5 Å². The molecule has 1 aromatic heterocycles. The summed E-state index contributed by atoms with van der Waals surface area (Å²) in [4.78, 5) is 4.28. The first-order valence-electron chi connectivity index (χ1n) is 10.3. The quantitative estimate of drug-likeness (QED) is 0.483. The van der Waals surface area contributed by atoms with Gasteiger partial charge in [0.2, 0.25) is 0 Å². The number of hydrogen-bond acceptors (Lipinski definition) is 3. The molecule has 3 unspecified atom stereocenters. The third-order valence-electron chi connectivity index (χ3n) is 6.25. The fraction of sp³-hybridized carbons (Fsp3) is 0.522. The number of fused-ring (bicyclic) bond motifs is 3. The Morgan fingerprint density at radius 1 is 1.04 bits per heavy atom. The van der Waals surface area contributed by atoms with E-state index in [4.69, 9.17) is 0 Å². The number of rotatable bonds is 9. The first-order valence-corrected chi connectivity index (χ1v) is 10.3. The zero-order valence-electron chi connectivity index (χ0n) is 15.5. The molecule has 2 N–H and O–H groups in total. The predicted octanol–water partition coefficient (Wildman–Crippen LogP) is 5.19. The number of benzene rings is 1. The Labute approximate surface area is 156 Å². The van der Waals surface area contributed by atoms with Crippen molar-refractivity contribution in [2.24, 2.45) is 17.8 Å². The molecular formula is C23H30N2O. The Morgan fingerprint density at radius 3 is 2.81 bits per heavy atom. The lowest BCUT2D eigenvalue weighted by atomic mass is 9.88. The van der Waals surface area contributed by atoms with Crippen molar-refractivity contribution >= 4 is 10.9 Å². The Hall–Kier alpha value is -1.87. The van der Waals surface area contributed by atoms with Crippen LogP contribution in [0, 0.1) is 17.8 Å². The molecule has 4 rings (SSSR count). The number of nitrogens with zero attached hydrogens (tertiary/aromatic N) is 1. The molecule has 26 heavy (non-hydrogen) atoms. The molecule has 1 fully saturated rings. The molecule has 0 saturated heterocycles. The van der Waals surface area contributed by atoms with Crippen molar-refractivity contribution in [1.82, 2.24) is 10.3 Å². The van der Waals surface area contributed by atoms with E-state index in [0.29, 0.717) is 5.52 Å². The molecule has 1 saturated carbocycles. The van der Waals surface area contributed by atoms with Crippen molar-refractivity contribution in [1.29, 1.82) is 0 Å². The highest BCUT2D eigenvalue weighted by Gasteiger charge is 2.34. The van der Waals surface area contributed by atoms with Gasteiger partial charge in [-0.25, -0.2) is 0 Å². The maximum absolute atomic E-state index is 9.91. The molecule has 1 aromatic carbocycles. The molecule has 3 heteroatoms. The Morgan fingerprint density at radius 2 is 1.96 bits per heavy atom. The summed E-state index contributed by atoms with van der Waals surface area (Å²) in [7, 11) is 0. The predicted molar refractivity (Wildman–Crippen MR) is 107 cm³/mol. The fourth-order valence-corrected chi connectivity index (χ4v) is 4.83. The Balaban J connectivity index is 1.12. The summed E-state index contributed by atoms with van der Waals surface area (Å²) >= 11 is 0. The van der Waals surface area contributed by atoms with Crippen LogP contribution in [0.3, 0.4) is 0 Å². The van der Waals surface area contributed by atoms with Crippen molar-refractivity contribution in [2.75, 3.05) is 6.54 Å². The molecule has 0 spiro atoms. The monoisotopic (exact) mass is 350 g/mol. The van der Waals surface area contributed by atoms with Gasteiger partial charge in [0.25, 0.3) is 0 Å². The van der Waals surface area contributed by atoms with Crippen LogP contribution in [0.25, 0.3) is 10.9 Å². The summed E-state index contributed by atoms with van der Waals surface area (Å²) in [5.74, 6) is 3.08. The second-order valence-corrected chi connectivity index (χ2v) is 8.06. The highest BCUT2D eigenvalue weighted by Crippen LogP contribution is 2.45. The van der Waals surface area contributed by atoms with E-state index in [-0.39, 0.29) is 5.75 Å². The van der Waals surface area contributed by atoms with Gasteiger partial charge in [-0.15, -0.1) is 0 Å². The highest BCUT2D eigenvalue weighted by atomic mass is 16.3. The van der Waals surface area contributed by atoms with Crippen molar-refractivity contribution in [3.05, 3.63) is 48.2 Å². The molecule has 3 atom stereocenters. The average Bonchev–Trinajstić information content (AvgIpc) is 3.29. The Kier molecular flexibility index (Phi) is 5.54. The summed E-state index contributed by atoms with van der Waals surface area (Å²) in [5.41, 5.74) is 1.90. The minimum atomic E-state index is 0.260. The van der Waals surface area contributed by atoms with Gasteiger partial charge in [0.05, 0.1) is 0 Å². The minimum absolute atomic E-state index is 0.260. The number of aromatic hydroxyl groups is 1. The molecule has 2 aromatic rings. The van der Waals surface area contributed by atoms with Gasteiger partial charge in [-0.05, 0) is 67.7 Å². The molecular weight excluding hydrogens is 320 g/mol. The van der Waals surface area contributed by atoms with Gasteiger partial charge in [0, 0.05) is 18.1 Å². The van der Waals surface area contributed by atoms with E-state index in [1.807, 2.05) is 18.2 Å². The number of unbranched alkanes of at least 4 members (excludes halogenated alkanes) is 3. The lowest BCUT2D eigenvalue weighted by molar-refractivity contribution is 0.394. The van der Waals surface area contributed by atoms with E-state index >= 15 is 0 Å². The summed E-state index contributed by atoms with van der Waals surface area (Å²) in [6, 6.07) is 7.70. The molecule has 1 heterocycles. The second-order valence-electron chi connectivity index (χ2n) is 8.06. The average molecular weight is 351 g/mol. The number of aromatic nitrogens is 1. The van der Waals surface area contributed by atoms with Crippen LogP contribution >= 0.6 is 0 Å². The van der Waals surface area contributed by atoms with Gasteiger partial charge in [-0.3, -0.25) is 4.98 Å². The smallest absolute Gasteiger partial charge is 0.141 e. The molecule has 0 radical (unpaired) electrons. The van der Waals surface area contributed by atoms with Crippen LogP contribution < -0.4 is 5.32 Å². The third kappa shape index (κ3) is 3.93. The normalized spacial score (nSPS) is 23.9. The number of pyridine rings is 1. The van der Waals surface area contributed by atoms with Crippen LogP contribution in [0.2, 0.25) is 0 Å². The van der Waals surface area contributed by atoms with Gasteiger partial charge >= 0.3 is 0 Å². The molecule has 3 nitrogen and oxygen atoms in total. The number of nitrogens with one attached hydrogen (secondary N) is 1. The standard InChI is InChI=1S/C23H30N2O/c26-22-11-10-20(21-7-5-13-25-23(21)22)16-24-12-4-2-1-3-6-18-14-17-8-9-19(18)15-17/h5,7-11,13,17-19,24,26H,1-4,6,12,14-16H2. The summed E-state index contributed by atoms with van der Waals surface area (Å²) in [5, 5.41) is 14.5. The first kappa shape index (κ1) is 17.5. The van der Waals surface area contributed by atoms with E-state index in [1.165, 1.54) is 50.5 Å². The van der Waals surface area contributed by atoms with Crippen LogP contribution in [-0.4, -0.2) is 16.6 Å². The van der Waals surface area contributed by atoms with E-state index < -0.39 is 0 Å². The molecule has 138 valence electrons. The SMILES string of the molecule is Oc1ccc(CNCCCCCCC2CC3C=CC2C3)c2cccnc12. The second kappa shape index (κ2) is 8.22. The maximum atomic E-state index is 9.91. The lowest BCUT2D eigenvalue weighted by Gasteiger charge is -2.17. The molecule has 2 bridgehead atoms. The van der Waals surface area contributed by atoms with Crippen LogP contribution in [0.1, 0.15) is 50.5 Å². The van der Waals surface area contributed by atoms with Gasteiger partial charge < -0.3 is 10.4 Å². The molecule has 2 aliphatic carbocycles. The van der Waals surface area contributed by atoms with Crippen molar-refractivity contribution in [3.63, 3.8) is 0 Å². The Bertz CT molecular complexity index is 770. The topological polar surface area (TPSA) is 45.1 Å². The zero-order chi connectivity index (χ0) is 17.8. The number of hydrogen-bond donors (Lipinski definition) is 2. The number of allylic oxidation sites excluding steroid dienone is 2. The van der Waals surface area contributed by atoms with Crippen molar-refractivity contribution in [2.45, 2.75) is 51.5 Å². The van der Waals surface area contributed by atoms with Gasteiger partial charge in [0.1, 0.15) is 11.3 Å². The minimum Gasteiger partial charge on any atom is -0.506 e. The third-order valence-corrected chi connectivity index (χ3v) is 6.25. The van der Waals surface area contributed by atoms with Crippen molar-refractivity contribution in [3.8, 4) is 5.75 Å². The van der Waals surface area contributed by atoms with Crippen LogP contribution in [0.15, 0.2) is 42.6 Å². The molecule has 0 amide bonds. The maximum Gasteiger partial charge on any atom is 0.141 e. The summed E-state index contributed by atoms with van der Waals surface area (Å²) < 4.78 is 0. The van der Waals surface area contributed by atoms with Crippen LogP contribution in [0.5, 0.6) is 5.75 Å². The number of phenolic OH excluding ortho intramolecular Hbond substituents is 1. The van der Waals surface area contributed by atoms with Crippen molar-refractivity contribution < 1.29 is 5.11 Å². The molecule has 0 aliphatic heterocycles. The van der Waals surface area contributed by atoms with E-state index in [9.17, 15) is 5.11 Å². The van der Waals surface area contributed by atoms with Gasteiger partial charge in [-0.2, -0.15) is 0 Å². The van der Waals surface area contributed by atoms with E-state index in [1.54, 1.807) is 12.3 Å². The van der Waals surface area contributed by atoms with Gasteiger partial charge in [0.15, 0.2) is 0 Å². The fourth-order valence-electron chi connectivity index (χ4n) is 4.83. The summed E-state index contributed by atoms with van der Waals surface area (Å²) in [6.45, 7) is 1.89. The largest absolute Gasteiger partial charge is 0.506 e. The summed E-state index contributed by atoms with van der Waals surface area (Å²) in [6.07, 6.45) is 16.3. The highest BCUT2D eigenvalue weighted by molar-refractivity contribution is 5.87. The zero-order valence-corrected chi connectivity index (χ0v) is 15.5. The first-order chi connectivity index (χ1) is 12.8. The van der Waals surface area contributed by atoms with Crippen LogP contribution in [-0.2, 0) is 6.54 Å². The van der Waals surface area contributed by atoms with Crippen LogP contribution in [0.4, 0.5) is 0 Å². The lowest BCUT2D eigenvalue weighted by Crippen LogP contribution is -2.15. The van der Waals surface area contributed by atoms with Gasteiger partial charge in [-0.1, -0.05) is 43.5 Å².